The molecule has 1 aromatic heterocycles. The summed E-state index contributed by atoms with van der Waals surface area (Å²) in [6.07, 6.45) is 0.762. The number of pyridine rings is 1. The molecular weight excluding hydrogens is 457 g/mol. The van der Waals surface area contributed by atoms with Crippen molar-refractivity contribution in [3.8, 4) is 0 Å². The molecule has 4 fully saturated rings. The van der Waals surface area contributed by atoms with Crippen molar-refractivity contribution in [1.82, 2.24) is 14.8 Å². The fourth-order valence-electron chi connectivity index (χ4n) is 6.07. The summed E-state index contributed by atoms with van der Waals surface area (Å²) in [4.78, 5) is 13.7. The van der Waals surface area contributed by atoms with Crippen LogP contribution < -0.4 is 11.5 Å². The van der Waals surface area contributed by atoms with Crippen molar-refractivity contribution in [3.05, 3.63) is 29.5 Å². The Labute approximate surface area is 204 Å². The van der Waals surface area contributed by atoms with Gasteiger partial charge in [0.15, 0.2) is 0 Å². The highest BCUT2D eigenvalue weighted by Crippen LogP contribution is 2.59. The molecule has 1 aromatic rings. The number of fused-ring (bicyclic) bond motifs is 1. The molecule has 7 nitrogen and oxygen atoms in total. The highest BCUT2D eigenvalue weighted by atomic mass is 19.4. The Bertz CT molecular complexity index is 985. The molecule has 0 radical (unpaired) electrons. The van der Waals surface area contributed by atoms with Gasteiger partial charge in [0.1, 0.15) is 5.82 Å². The average Bonchev–Trinajstić information content (AvgIpc) is 3.24. The maximum absolute atomic E-state index is 13.3. The molecule has 2 saturated carbocycles. The molecule has 10 heteroatoms. The summed E-state index contributed by atoms with van der Waals surface area (Å²) in [5.41, 5.74) is 12.1. The van der Waals surface area contributed by atoms with Crippen molar-refractivity contribution >= 4 is 17.2 Å². The van der Waals surface area contributed by atoms with E-state index in [1.807, 2.05) is 13.8 Å². The zero-order valence-electron chi connectivity index (χ0n) is 20.3. The number of hydrogen-bond donors (Lipinski definition) is 2. The molecule has 2 unspecified atom stereocenters. The van der Waals surface area contributed by atoms with E-state index in [4.69, 9.17) is 21.2 Å². The molecule has 35 heavy (non-hydrogen) atoms. The standard InChI is InChI=1S/C25H35F3N6O/c1-14(2)32-22(10-21(29)15-7-20(25(26,27)28)24(30)31-11-15)23-18-8-16(9-19(18)23)33-3-5-34(6-4-33)17-12-35-13-17/h7,10-11,14,16-19,23H,3-6,8-9,12-13,29H2,1-2H3,(H2,30,31)/t16?,18-,19+,23?. The number of ether oxygens (including phenoxy) is 1. The minimum Gasteiger partial charge on any atom is -0.398 e. The van der Waals surface area contributed by atoms with Gasteiger partial charge in [-0.05, 0) is 50.7 Å². The molecule has 0 amide bonds. The minimum atomic E-state index is -4.58. The zero-order chi connectivity index (χ0) is 24.9. The second-order valence-electron chi connectivity index (χ2n) is 10.6. The minimum absolute atomic E-state index is 0.0741. The van der Waals surface area contributed by atoms with Crippen LogP contribution in [-0.4, -0.2) is 78.0 Å². The number of allylic oxidation sites excluding steroid dienone is 1. The Morgan fingerprint density at radius 3 is 2.23 bits per heavy atom. The van der Waals surface area contributed by atoms with E-state index in [9.17, 15) is 13.2 Å². The van der Waals surface area contributed by atoms with E-state index in [1.165, 1.54) is 6.20 Å². The van der Waals surface area contributed by atoms with Gasteiger partial charge in [0.2, 0.25) is 0 Å². The molecule has 4 N–H and O–H groups in total. The number of piperazine rings is 1. The molecule has 2 saturated heterocycles. The molecule has 2 aliphatic heterocycles. The molecule has 0 bridgehead atoms. The van der Waals surface area contributed by atoms with Crippen molar-refractivity contribution < 1.29 is 17.9 Å². The number of nitrogen functional groups attached to an aromatic ring is 1. The summed E-state index contributed by atoms with van der Waals surface area (Å²) in [5, 5.41) is 0. The fraction of sp³-hybridized carbons (Fsp3) is 0.680. The van der Waals surface area contributed by atoms with Crippen molar-refractivity contribution in [2.75, 3.05) is 45.1 Å². The summed E-state index contributed by atoms with van der Waals surface area (Å²) >= 11 is 0. The Morgan fingerprint density at radius 2 is 1.71 bits per heavy atom. The predicted octanol–water partition coefficient (Wildman–Crippen LogP) is 2.87. The summed E-state index contributed by atoms with van der Waals surface area (Å²) in [7, 11) is 0. The number of nitrogens with zero attached hydrogens (tertiary/aromatic N) is 4. The van der Waals surface area contributed by atoms with Gasteiger partial charge in [-0.2, -0.15) is 13.2 Å². The summed E-state index contributed by atoms with van der Waals surface area (Å²) in [6, 6.07) is 2.26. The van der Waals surface area contributed by atoms with Crippen LogP contribution >= 0.6 is 0 Å². The Hall–Kier alpha value is -2.17. The molecule has 0 aromatic carbocycles. The van der Waals surface area contributed by atoms with E-state index in [0.717, 1.165) is 64.0 Å². The third-order valence-electron chi connectivity index (χ3n) is 8.03. The average molecular weight is 493 g/mol. The van der Waals surface area contributed by atoms with Crippen LogP contribution in [0.1, 0.15) is 37.8 Å². The topological polar surface area (TPSA) is 93.0 Å². The first-order valence-corrected chi connectivity index (χ1v) is 12.6. The van der Waals surface area contributed by atoms with Gasteiger partial charge < -0.3 is 16.2 Å². The number of alkyl halides is 3. The summed E-state index contributed by atoms with van der Waals surface area (Å²) in [5.74, 6) is 0.906. The number of aromatic nitrogens is 1. The first-order valence-electron chi connectivity index (χ1n) is 12.6. The SMILES string of the molecule is CC(C)N=C(C=C(N)c1cnc(N)c(C(F)(F)F)c1)C1[C@H]2CC(N3CCN(C4COC4)CC3)C[C@@H]12. The van der Waals surface area contributed by atoms with Gasteiger partial charge >= 0.3 is 6.18 Å². The van der Waals surface area contributed by atoms with Crippen LogP contribution in [0.2, 0.25) is 0 Å². The Kier molecular flexibility index (Phi) is 6.56. The maximum atomic E-state index is 13.3. The number of rotatable bonds is 6. The van der Waals surface area contributed by atoms with Crippen LogP contribution in [0.25, 0.3) is 5.70 Å². The van der Waals surface area contributed by atoms with E-state index < -0.39 is 17.6 Å². The van der Waals surface area contributed by atoms with Gasteiger partial charge in [-0.3, -0.25) is 14.8 Å². The molecule has 4 atom stereocenters. The van der Waals surface area contributed by atoms with E-state index in [-0.39, 0.29) is 17.3 Å². The number of hydrogen-bond acceptors (Lipinski definition) is 7. The first-order chi connectivity index (χ1) is 16.6. The third-order valence-corrected chi connectivity index (χ3v) is 8.03. The lowest BCUT2D eigenvalue weighted by Crippen LogP contribution is -2.58. The van der Waals surface area contributed by atoms with Crippen LogP contribution in [0.3, 0.4) is 0 Å². The fourth-order valence-corrected chi connectivity index (χ4v) is 6.07. The second kappa shape index (κ2) is 9.37. The van der Waals surface area contributed by atoms with Gasteiger partial charge in [0, 0.05) is 67.3 Å². The molecule has 3 heterocycles. The molecule has 2 aliphatic carbocycles. The molecule has 192 valence electrons. The molecule has 4 aliphatic rings. The number of nitrogens with two attached hydrogens (primary N) is 2. The lowest BCUT2D eigenvalue weighted by Gasteiger charge is -2.44. The zero-order valence-corrected chi connectivity index (χ0v) is 20.3. The highest BCUT2D eigenvalue weighted by Gasteiger charge is 2.58. The Balaban J connectivity index is 1.24. The van der Waals surface area contributed by atoms with Crippen LogP contribution in [0.15, 0.2) is 23.3 Å². The Morgan fingerprint density at radius 1 is 1.11 bits per heavy atom. The van der Waals surface area contributed by atoms with Crippen LogP contribution in [-0.2, 0) is 10.9 Å². The largest absolute Gasteiger partial charge is 0.419 e. The smallest absolute Gasteiger partial charge is 0.398 e. The van der Waals surface area contributed by atoms with Crippen molar-refractivity contribution in [2.24, 2.45) is 28.5 Å². The third kappa shape index (κ3) is 5.06. The van der Waals surface area contributed by atoms with Gasteiger partial charge in [-0.1, -0.05) is 0 Å². The highest BCUT2D eigenvalue weighted by molar-refractivity contribution is 6.04. The van der Waals surface area contributed by atoms with E-state index in [0.29, 0.717) is 29.8 Å². The van der Waals surface area contributed by atoms with Gasteiger partial charge in [0.05, 0.1) is 24.8 Å². The van der Waals surface area contributed by atoms with Crippen molar-refractivity contribution in [3.63, 3.8) is 0 Å². The van der Waals surface area contributed by atoms with Crippen LogP contribution in [0.5, 0.6) is 0 Å². The summed E-state index contributed by atoms with van der Waals surface area (Å²) in [6.45, 7) is 10.2. The monoisotopic (exact) mass is 492 g/mol. The second-order valence-corrected chi connectivity index (χ2v) is 10.6. The lowest BCUT2D eigenvalue weighted by atomic mass is 9.99. The normalized spacial score (nSPS) is 31.0. The number of aliphatic imine (C=N–C) groups is 1. The number of anilines is 1. The quantitative estimate of drug-likeness (QED) is 0.594. The van der Waals surface area contributed by atoms with E-state index in [1.54, 1.807) is 6.08 Å². The van der Waals surface area contributed by atoms with Crippen molar-refractivity contribution in [1.29, 1.82) is 0 Å². The van der Waals surface area contributed by atoms with Crippen molar-refractivity contribution in [2.45, 2.75) is 51.0 Å². The molecular formula is C25H35F3N6O. The van der Waals surface area contributed by atoms with E-state index in [2.05, 4.69) is 14.8 Å². The van der Waals surface area contributed by atoms with Gasteiger partial charge in [-0.15, -0.1) is 0 Å². The first kappa shape index (κ1) is 24.5. The number of halogens is 3. The van der Waals surface area contributed by atoms with E-state index >= 15 is 0 Å². The molecule has 5 rings (SSSR count). The lowest BCUT2D eigenvalue weighted by molar-refractivity contribution is -0.137. The van der Waals surface area contributed by atoms with Gasteiger partial charge in [0.25, 0.3) is 0 Å². The van der Waals surface area contributed by atoms with Crippen LogP contribution in [0, 0.1) is 17.8 Å². The van der Waals surface area contributed by atoms with Gasteiger partial charge in [-0.25, -0.2) is 4.98 Å². The molecule has 0 spiro atoms. The predicted molar refractivity (Wildman–Crippen MR) is 130 cm³/mol. The van der Waals surface area contributed by atoms with Crippen LogP contribution in [0.4, 0.5) is 19.0 Å². The summed E-state index contributed by atoms with van der Waals surface area (Å²) < 4.78 is 45.2. The maximum Gasteiger partial charge on any atom is 0.419 e.